The van der Waals surface area contributed by atoms with Crippen molar-refractivity contribution < 1.29 is 15.0 Å². The van der Waals surface area contributed by atoms with Gasteiger partial charge in [0, 0.05) is 0 Å². The Morgan fingerprint density at radius 1 is 0.952 bits per heavy atom. The number of rotatable bonds is 5. The van der Waals surface area contributed by atoms with Crippen LogP contribution < -0.4 is 0 Å². The van der Waals surface area contributed by atoms with Gasteiger partial charge in [0.1, 0.15) is 0 Å². The first-order chi connectivity index (χ1) is 10.1. The van der Waals surface area contributed by atoms with Gasteiger partial charge in [0.2, 0.25) is 0 Å². The molecule has 1 atom stereocenters. The number of hydrogen-bond donors (Lipinski definition) is 2. The fourth-order valence-corrected chi connectivity index (χ4v) is 2.21. The van der Waals surface area contributed by atoms with Crippen molar-refractivity contribution in [3.05, 3.63) is 71.8 Å². The zero-order chi connectivity index (χ0) is 15.5. The third-order valence-corrected chi connectivity index (χ3v) is 3.31. The molecule has 2 rings (SSSR count). The molecule has 1 unspecified atom stereocenters. The molecule has 0 amide bonds. The quantitative estimate of drug-likeness (QED) is 0.810. The van der Waals surface area contributed by atoms with E-state index in [1.807, 2.05) is 0 Å². The fourth-order valence-electron chi connectivity index (χ4n) is 2.21. The number of benzene rings is 2. The van der Waals surface area contributed by atoms with E-state index in [-0.39, 0.29) is 0 Å². The largest absolute Gasteiger partial charge is 0.503 e. The van der Waals surface area contributed by atoms with Crippen LogP contribution in [0, 0.1) is 0 Å². The zero-order valence-electron chi connectivity index (χ0n) is 12.3. The van der Waals surface area contributed by atoms with Gasteiger partial charge in [-0.2, -0.15) is 0 Å². The van der Waals surface area contributed by atoms with Gasteiger partial charge in [-0.15, -0.1) is 0 Å². The van der Waals surface area contributed by atoms with Gasteiger partial charge in [-0.1, -0.05) is 67.6 Å². The van der Waals surface area contributed by atoms with Crippen molar-refractivity contribution in [3.8, 4) is 0 Å². The molecule has 3 heteroatoms. The lowest BCUT2D eigenvalue weighted by Crippen LogP contribution is -1.94. The summed E-state index contributed by atoms with van der Waals surface area (Å²) in [5.74, 6) is 0.667. The van der Waals surface area contributed by atoms with E-state index < -0.39 is 6.16 Å². The lowest BCUT2D eigenvalue weighted by atomic mass is 9.94. The summed E-state index contributed by atoms with van der Waals surface area (Å²) in [7, 11) is 0. The summed E-state index contributed by atoms with van der Waals surface area (Å²) in [6, 6.07) is 21.6. The average Bonchev–Trinajstić information content (AvgIpc) is 2.48. The average molecular weight is 286 g/mol. The Kier molecular flexibility index (Phi) is 7.65. The van der Waals surface area contributed by atoms with Crippen molar-refractivity contribution in [2.45, 2.75) is 32.1 Å². The number of carboxylic acid groups (broad SMARTS) is 2. The summed E-state index contributed by atoms with van der Waals surface area (Å²) in [6.45, 7) is 2.32. The van der Waals surface area contributed by atoms with E-state index in [9.17, 15) is 0 Å². The van der Waals surface area contributed by atoms with Crippen LogP contribution in [0.15, 0.2) is 60.7 Å². The summed E-state index contributed by atoms with van der Waals surface area (Å²) in [5, 5.41) is 13.9. The summed E-state index contributed by atoms with van der Waals surface area (Å²) in [6.07, 6.45) is 1.89. The predicted octanol–water partition coefficient (Wildman–Crippen LogP) is 5.04. The maximum Gasteiger partial charge on any atom is 0.503 e. The lowest BCUT2D eigenvalue weighted by Gasteiger charge is -2.11. The van der Waals surface area contributed by atoms with E-state index in [1.165, 1.54) is 30.4 Å². The molecule has 2 N–H and O–H groups in total. The molecular formula is C18H22O3. The van der Waals surface area contributed by atoms with Crippen LogP contribution in [-0.4, -0.2) is 16.4 Å². The van der Waals surface area contributed by atoms with Crippen LogP contribution in [0.5, 0.6) is 0 Å². The molecule has 0 aromatic heterocycles. The van der Waals surface area contributed by atoms with Crippen LogP contribution in [0.2, 0.25) is 0 Å². The summed E-state index contributed by atoms with van der Waals surface area (Å²) in [5.41, 5.74) is 2.91. The second-order valence-electron chi connectivity index (χ2n) is 4.97. The molecule has 0 aliphatic rings. The highest BCUT2D eigenvalue weighted by Crippen LogP contribution is 2.21. The van der Waals surface area contributed by atoms with E-state index in [0.29, 0.717) is 5.92 Å². The second kappa shape index (κ2) is 9.59. The Labute approximate surface area is 125 Å². The van der Waals surface area contributed by atoms with Gasteiger partial charge in [-0.25, -0.2) is 4.79 Å². The van der Waals surface area contributed by atoms with E-state index in [1.54, 1.807) is 0 Å². The monoisotopic (exact) mass is 286 g/mol. The summed E-state index contributed by atoms with van der Waals surface area (Å²) < 4.78 is 0. The highest BCUT2D eigenvalue weighted by Gasteiger charge is 2.04. The van der Waals surface area contributed by atoms with Crippen molar-refractivity contribution in [2.75, 3.05) is 0 Å². The highest BCUT2D eigenvalue weighted by atomic mass is 16.6. The maximum atomic E-state index is 8.56. The van der Waals surface area contributed by atoms with Gasteiger partial charge in [-0.3, -0.25) is 0 Å². The van der Waals surface area contributed by atoms with E-state index in [4.69, 9.17) is 15.0 Å². The number of aryl methyl sites for hydroxylation is 1. The Bertz CT molecular complexity index is 505. The Balaban J connectivity index is 0.000000491. The van der Waals surface area contributed by atoms with E-state index >= 15 is 0 Å². The Hall–Kier alpha value is -2.29. The minimum atomic E-state index is -1.83. The topological polar surface area (TPSA) is 57.5 Å². The molecule has 0 bridgehead atoms. The van der Waals surface area contributed by atoms with Gasteiger partial charge in [0.25, 0.3) is 0 Å². The molecule has 0 saturated heterocycles. The van der Waals surface area contributed by atoms with Crippen molar-refractivity contribution in [3.63, 3.8) is 0 Å². The van der Waals surface area contributed by atoms with Crippen LogP contribution in [0.3, 0.4) is 0 Å². The first kappa shape index (κ1) is 16.8. The van der Waals surface area contributed by atoms with Gasteiger partial charge < -0.3 is 10.2 Å². The van der Waals surface area contributed by atoms with Crippen molar-refractivity contribution in [1.82, 2.24) is 0 Å². The van der Waals surface area contributed by atoms with E-state index in [2.05, 4.69) is 67.6 Å². The molecule has 112 valence electrons. The van der Waals surface area contributed by atoms with Crippen LogP contribution in [0.4, 0.5) is 4.79 Å². The van der Waals surface area contributed by atoms with Gasteiger partial charge in [0.15, 0.2) is 0 Å². The number of carbonyl (C=O) groups is 1. The molecule has 0 aliphatic carbocycles. The smallest absolute Gasteiger partial charge is 0.450 e. The molecular weight excluding hydrogens is 264 g/mol. The SMILES string of the molecule is CC(CCCc1ccccc1)c1ccccc1.O=C(O)O. The summed E-state index contributed by atoms with van der Waals surface area (Å²) >= 11 is 0. The Morgan fingerprint density at radius 3 is 1.95 bits per heavy atom. The minimum absolute atomic E-state index is 0.667. The molecule has 3 nitrogen and oxygen atoms in total. The number of hydrogen-bond acceptors (Lipinski definition) is 1. The second-order valence-corrected chi connectivity index (χ2v) is 4.97. The molecule has 0 heterocycles. The van der Waals surface area contributed by atoms with Gasteiger partial charge in [0.05, 0.1) is 0 Å². The predicted molar refractivity (Wildman–Crippen MR) is 84.9 cm³/mol. The molecule has 0 aliphatic heterocycles. The summed E-state index contributed by atoms with van der Waals surface area (Å²) in [4.78, 5) is 8.56. The van der Waals surface area contributed by atoms with Crippen LogP contribution >= 0.6 is 0 Å². The molecule has 0 radical (unpaired) electrons. The lowest BCUT2D eigenvalue weighted by molar-refractivity contribution is 0.137. The first-order valence-electron chi connectivity index (χ1n) is 7.10. The van der Waals surface area contributed by atoms with Crippen LogP contribution in [0.25, 0.3) is 0 Å². The molecule has 21 heavy (non-hydrogen) atoms. The molecule has 0 spiro atoms. The van der Waals surface area contributed by atoms with Gasteiger partial charge in [-0.05, 0) is 36.3 Å². The van der Waals surface area contributed by atoms with Gasteiger partial charge >= 0.3 is 6.16 Å². The molecule has 0 saturated carbocycles. The zero-order valence-corrected chi connectivity index (χ0v) is 12.3. The third kappa shape index (κ3) is 7.78. The van der Waals surface area contributed by atoms with Crippen LogP contribution in [0.1, 0.15) is 36.8 Å². The fraction of sp³-hybridized carbons (Fsp3) is 0.278. The maximum absolute atomic E-state index is 8.56. The van der Waals surface area contributed by atoms with Crippen molar-refractivity contribution >= 4 is 6.16 Å². The van der Waals surface area contributed by atoms with Crippen LogP contribution in [-0.2, 0) is 6.42 Å². The molecule has 0 fully saturated rings. The molecule has 2 aromatic rings. The highest BCUT2D eigenvalue weighted by molar-refractivity contribution is 5.53. The first-order valence-corrected chi connectivity index (χ1v) is 7.10. The third-order valence-electron chi connectivity index (χ3n) is 3.31. The Morgan fingerprint density at radius 2 is 1.43 bits per heavy atom. The molecule has 2 aromatic carbocycles. The van der Waals surface area contributed by atoms with Crippen molar-refractivity contribution in [1.29, 1.82) is 0 Å². The van der Waals surface area contributed by atoms with E-state index in [0.717, 1.165) is 0 Å². The standard InChI is InChI=1S/C17H20.CH2O3/c1-15(17-13-6-3-7-14-17)9-8-12-16-10-4-2-5-11-16;2-1(3)4/h2-7,10-11,13-15H,8-9,12H2,1H3;(H2,2,3,4). The normalized spacial score (nSPS) is 11.1. The minimum Gasteiger partial charge on any atom is -0.450 e. The van der Waals surface area contributed by atoms with Crippen molar-refractivity contribution in [2.24, 2.45) is 0 Å².